The van der Waals surface area contributed by atoms with E-state index in [2.05, 4.69) is 0 Å². The number of aryl methyl sites for hydroxylation is 1. The van der Waals surface area contributed by atoms with Gasteiger partial charge >= 0.3 is 3.93 Å². The van der Waals surface area contributed by atoms with E-state index in [4.69, 9.17) is 0 Å². The van der Waals surface area contributed by atoms with Crippen LogP contribution >= 0.6 is 45.2 Å². The lowest BCUT2D eigenvalue weighted by Gasteiger charge is -2.24. The molecule has 0 heterocycles. The molecule has 1 rings (SSSR count). The third-order valence-corrected chi connectivity index (χ3v) is 5.21. The Balaban J connectivity index is 3.40. The van der Waals surface area contributed by atoms with E-state index in [1.807, 2.05) is 29.5 Å². The second-order valence-electron chi connectivity index (χ2n) is 4.86. The van der Waals surface area contributed by atoms with Crippen LogP contribution in [0.5, 0.6) is 0 Å². The van der Waals surface area contributed by atoms with Crippen molar-refractivity contribution in [3.05, 3.63) is 40.8 Å². The number of benzene rings is 1. The molecule has 0 saturated heterocycles. The monoisotopic (exact) mass is 526 g/mol. The Labute approximate surface area is 145 Å². The van der Waals surface area contributed by atoms with Crippen molar-refractivity contribution in [3.8, 4) is 0 Å². The van der Waals surface area contributed by atoms with Crippen molar-refractivity contribution in [1.29, 1.82) is 0 Å². The van der Waals surface area contributed by atoms with E-state index in [1.165, 1.54) is 12.1 Å². The summed E-state index contributed by atoms with van der Waals surface area (Å²) < 4.78 is 47.6. The van der Waals surface area contributed by atoms with Crippen molar-refractivity contribution < 1.29 is 17.2 Å². The Morgan fingerprint density at radius 2 is 1.60 bits per heavy atom. The fourth-order valence-corrected chi connectivity index (χ4v) is 5.16. The van der Waals surface area contributed by atoms with Crippen LogP contribution in [0.2, 0.25) is 0 Å². The van der Waals surface area contributed by atoms with Crippen molar-refractivity contribution in [2.45, 2.75) is 33.0 Å². The van der Waals surface area contributed by atoms with Crippen LogP contribution in [0, 0.1) is 6.92 Å². The SMILES string of the molecule is Cc1ccc(S(=O)(=O)/C=C(\C(C)(C)I)C(F)(F)I)cc1. The van der Waals surface area contributed by atoms with Gasteiger partial charge in [-0.05, 0) is 32.9 Å². The third kappa shape index (κ3) is 4.90. The van der Waals surface area contributed by atoms with Crippen LogP contribution in [-0.2, 0) is 9.84 Å². The van der Waals surface area contributed by atoms with Gasteiger partial charge in [0, 0.05) is 37.0 Å². The Morgan fingerprint density at radius 1 is 1.15 bits per heavy atom. The average molecular weight is 526 g/mol. The zero-order chi connectivity index (χ0) is 15.8. The quantitative estimate of drug-likeness (QED) is 0.414. The van der Waals surface area contributed by atoms with Crippen LogP contribution in [0.15, 0.2) is 40.1 Å². The van der Waals surface area contributed by atoms with Gasteiger partial charge in [0.05, 0.1) is 4.90 Å². The van der Waals surface area contributed by atoms with Crippen molar-refractivity contribution in [3.63, 3.8) is 0 Å². The lowest BCUT2D eigenvalue weighted by molar-refractivity contribution is 0.162. The molecule has 0 aliphatic heterocycles. The van der Waals surface area contributed by atoms with Gasteiger partial charge < -0.3 is 0 Å². The van der Waals surface area contributed by atoms with Crippen LogP contribution in [0.1, 0.15) is 19.4 Å². The molecule has 112 valence electrons. The summed E-state index contributed by atoms with van der Waals surface area (Å²) in [6.45, 7) is 4.93. The maximum absolute atomic E-state index is 13.6. The highest BCUT2D eigenvalue weighted by atomic mass is 127. The Kier molecular flexibility index (Phi) is 5.62. The van der Waals surface area contributed by atoms with Crippen LogP contribution in [0.4, 0.5) is 8.78 Å². The first-order valence-corrected chi connectivity index (χ1v) is 9.34. The molecular formula is C13H14F2I2O2S. The molecule has 0 N–H and O–H groups in total. The number of sulfone groups is 1. The highest BCUT2D eigenvalue weighted by Crippen LogP contribution is 2.43. The van der Waals surface area contributed by atoms with Crippen molar-refractivity contribution in [1.82, 2.24) is 0 Å². The molecule has 0 aliphatic rings. The first-order valence-electron chi connectivity index (χ1n) is 5.64. The Hall–Kier alpha value is 0.230. The lowest BCUT2D eigenvalue weighted by atomic mass is 10.1. The summed E-state index contributed by atoms with van der Waals surface area (Å²) in [5.74, 6) is 0. The number of hydrogen-bond donors (Lipinski definition) is 0. The summed E-state index contributed by atoms with van der Waals surface area (Å²) in [5.41, 5.74) is 0.480. The normalized spacial score (nSPS) is 14.4. The fraction of sp³-hybridized carbons (Fsp3) is 0.385. The van der Waals surface area contributed by atoms with Gasteiger partial charge in [0.25, 0.3) is 0 Å². The van der Waals surface area contributed by atoms with Crippen LogP contribution in [0.25, 0.3) is 0 Å². The molecule has 0 radical (unpaired) electrons. The number of halogens is 4. The van der Waals surface area contributed by atoms with Crippen molar-refractivity contribution >= 4 is 55.0 Å². The largest absolute Gasteiger partial charge is 0.319 e. The molecule has 0 amide bonds. The summed E-state index contributed by atoms with van der Waals surface area (Å²) >= 11 is 2.77. The van der Waals surface area contributed by atoms with Gasteiger partial charge in [-0.3, -0.25) is 0 Å². The van der Waals surface area contributed by atoms with E-state index < -0.39 is 22.8 Å². The maximum Gasteiger partial charge on any atom is 0.319 e. The van der Waals surface area contributed by atoms with E-state index >= 15 is 0 Å². The van der Waals surface area contributed by atoms with Crippen LogP contribution in [-0.4, -0.2) is 15.8 Å². The maximum atomic E-state index is 13.6. The molecule has 0 saturated carbocycles. The molecule has 0 bridgehead atoms. The van der Waals surface area contributed by atoms with Gasteiger partial charge in [0.2, 0.25) is 0 Å². The first kappa shape index (κ1) is 18.3. The van der Waals surface area contributed by atoms with Crippen molar-refractivity contribution in [2.24, 2.45) is 0 Å². The van der Waals surface area contributed by atoms with E-state index in [-0.39, 0.29) is 4.90 Å². The van der Waals surface area contributed by atoms with Crippen LogP contribution in [0.3, 0.4) is 0 Å². The molecule has 20 heavy (non-hydrogen) atoms. The molecule has 0 spiro atoms. The van der Waals surface area contributed by atoms with E-state index in [1.54, 1.807) is 26.0 Å². The molecule has 0 unspecified atom stereocenters. The predicted molar refractivity (Wildman–Crippen MR) is 93.5 cm³/mol. The van der Waals surface area contributed by atoms with Gasteiger partial charge in [-0.2, -0.15) is 8.78 Å². The number of hydrogen-bond acceptors (Lipinski definition) is 2. The molecule has 1 aromatic rings. The highest BCUT2D eigenvalue weighted by Gasteiger charge is 2.40. The zero-order valence-corrected chi connectivity index (χ0v) is 16.3. The molecule has 0 atom stereocenters. The molecule has 2 nitrogen and oxygen atoms in total. The van der Waals surface area contributed by atoms with Gasteiger partial charge in [-0.15, -0.1) is 0 Å². The minimum absolute atomic E-state index is 0.0156. The number of rotatable bonds is 4. The third-order valence-electron chi connectivity index (χ3n) is 2.57. The number of alkyl halides is 4. The highest BCUT2D eigenvalue weighted by molar-refractivity contribution is 14.1. The lowest BCUT2D eigenvalue weighted by Crippen LogP contribution is -2.26. The molecular weight excluding hydrogens is 512 g/mol. The standard InChI is InChI=1S/C13H14F2I2O2S/c1-9-4-6-10(7-5-9)20(18,19)8-11(12(2,3)16)13(14,15)17/h4-8H,1-3H3/b11-8+. The Bertz CT molecular complexity index is 593. The summed E-state index contributed by atoms with van der Waals surface area (Å²) in [4.78, 5) is 0.0156. The molecule has 0 aliphatic carbocycles. The number of allylic oxidation sites excluding steroid dienone is 1. The average Bonchev–Trinajstić information content (AvgIpc) is 2.23. The summed E-state index contributed by atoms with van der Waals surface area (Å²) in [6, 6.07) is 6.12. The summed E-state index contributed by atoms with van der Waals surface area (Å²) in [5, 5.41) is 0.691. The van der Waals surface area contributed by atoms with Crippen LogP contribution < -0.4 is 0 Å². The zero-order valence-electron chi connectivity index (χ0n) is 11.1. The van der Waals surface area contributed by atoms with Gasteiger partial charge in [0.15, 0.2) is 9.84 Å². The smallest absolute Gasteiger partial charge is 0.219 e. The van der Waals surface area contributed by atoms with E-state index in [0.717, 1.165) is 28.2 Å². The predicted octanol–water partition coefficient (Wildman–Crippen LogP) is 4.89. The van der Waals surface area contributed by atoms with Gasteiger partial charge in [-0.1, -0.05) is 40.3 Å². The van der Waals surface area contributed by atoms with Gasteiger partial charge in [0.1, 0.15) is 0 Å². The minimum Gasteiger partial charge on any atom is -0.219 e. The molecule has 7 heteroatoms. The van der Waals surface area contributed by atoms with E-state index in [9.17, 15) is 17.2 Å². The fourth-order valence-electron chi connectivity index (χ4n) is 1.50. The minimum atomic E-state index is -3.89. The topological polar surface area (TPSA) is 34.1 Å². The van der Waals surface area contributed by atoms with Gasteiger partial charge in [-0.25, -0.2) is 8.42 Å². The van der Waals surface area contributed by atoms with Crippen molar-refractivity contribution in [2.75, 3.05) is 0 Å². The second-order valence-corrected chi connectivity index (χ2v) is 10.7. The Morgan fingerprint density at radius 3 is 1.95 bits per heavy atom. The summed E-state index contributed by atoms with van der Waals surface area (Å²) in [7, 11) is -3.89. The first-order chi connectivity index (χ1) is 8.84. The molecule has 1 aromatic carbocycles. The molecule has 0 fully saturated rings. The second kappa shape index (κ2) is 6.15. The van der Waals surface area contributed by atoms with E-state index in [0.29, 0.717) is 5.41 Å². The summed E-state index contributed by atoms with van der Waals surface area (Å²) in [6.07, 6.45) is 0. The molecule has 0 aromatic heterocycles.